The zero-order chi connectivity index (χ0) is 12.2. The molecule has 1 aliphatic carbocycles. The van der Waals surface area contributed by atoms with Crippen LogP contribution >= 0.6 is 0 Å². The Morgan fingerprint density at radius 2 is 2.00 bits per heavy atom. The van der Waals surface area contributed by atoms with E-state index in [-0.39, 0.29) is 17.9 Å². The van der Waals surface area contributed by atoms with E-state index in [9.17, 15) is 8.42 Å². The second-order valence-electron chi connectivity index (χ2n) is 4.31. The SMILES string of the molecule is CS(=O)(=O)NC1CCCCC1CN=C(N)N. The van der Waals surface area contributed by atoms with Gasteiger partial charge in [0.15, 0.2) is 5.96 Å². The molecule has 7 heteroatoms. The van der Waals surface area contributed by atoms with Crippen molar-refractivity contribution in [1.82, 2.24) is 4.72 Å². The number of rotatable bonds is 4. The Morgan fingerprint density at radius 3 is 2.56 bits per heavy atom. The molecule has 0 saturated heterocycles. The van der Waals surface area contributed by atoms with Gasteiger partial charge >= 0.3 is 0 Å². The van der Waals surface area contributed by atoms with E-state index in [0.717, 1.165) is 25.7 Å². The van der Waals surface area contributed by atoms with Crippen LogP contribution in [0.2, 0.25) is 0 Å². The lowest BCUT2D eigenvalue weighted by atomic mass is 9.85. The number of nitrogens with two attached hydrogens (primary N) is 2. The van der Waals surface area contributed by atoms with Gasteiger partial charge in [-0.05, 0) is 18.8 Å². The summed E-state index contributed by atoms with van der Waals surface area (Å²) in [6.07, 6.45) is 5.15. The molecule has 0 spiro atoms. The minimum Gasteiger partial charge on any atom is -0.370 e. The van der Waals surface area contributed by atoms with Gasteiger partial charge in [0.05, 0.1) is 6.26 Å². The second-order valence-corrected chi connectivity index (χ2v) is 6.09. The first-order valence-corrected chi connectivity index (χ1v) is 7.30. The zero-order valence-corrected chi connectivity index (χ0v) is 10.3. The maximum Gasteiger partial charge on any atom is 0.208 e. The maximum absolute atomic E-state index is 11.2. The topological polar surface area (TPSA) is 111 Å². The minimum atomic E-state index is -3.16. The van der Waals surface area contributed by atoms with Gasteiger partial charge in [-0.15, -0.1) is 0 Å². The number of sulfonamides is 1. The Balaban J connectivity index is 2.60. The van der Waals surface area contributed by atoms with Crippen molar-refractivity contribution in [2.45, 2.75) is 31.7 Å². The van der Waals surface area contributed by atoms with Crippen LogP contribution in [0.25, 0.3) is 0 Å². The molecule has 1 aliphatic rings. The molecule has 0 heterocycles. The lowest BCUT2D eigenvalue weighted by Gasteiger charge is -2.30. The molecule has 0 aromatic carbocycles. The van der Waals surface area contributed by atoms with Crippen molar-refractivity contribution in [2.75, 3.05) is 12.8 Å². The van der Waals surface area contributed by atoms with Crippen molar-refractivity contribution in [3.8, 4) is 0 Å². The van der Waals surface area contributed by atoms with Crippen LogP contribution in [-0.2, 0) is 10.0 Å². The van der Waals surface area contributed by atoms with Crippen LogP contribution in [0.15, 0.2) is 4.99 Å². The zero-order valence-electron chi connectivity index (χ0n) is 9.52. The number of nitrogens with zero attached hydrogens (tertiary/aromatic N) is 1. The van der Waals surface area contributed by atoms with Gasteiger partial charge in [0, 0.05) is 12.6 Å². The summed E-state index contributed by atoms with van der Waals surface area (Å²) in [5, 5.41) is 0. The van der Waals surface area contributed by atoms with Crippen LogP contribution in [0.1, 0.15) is 25.7 Å². The molecule has 1 saturated carbocycles. The van der Waals surface area contributed by atoms with E-state index in [0.29, 0.717) is 6.54 Å². The van der Waals surface area contributed by atoms with Gasteiger partial charge in [-0.25, -0.2) is 13.1 Å². The van der Waals surface area contributed by atoms with Gasteiger partial charge in [-0.3, -0.25) is 4.99 Å². The third-order valence-corrected chi connectivity index (χ3v) is 3.51. The van der Waals surface area contributed by atoms with E-state index in [4.69, 9.17) is 11.5 Å². The number of hydrogen-bond donors (Lipinski definition) is 3. The van der Waals surface area contributed by atoms with Gasteiger partial charge < -0.3 is 11.5 Å². The molecule has 0 aromatic heterocycles. The van der Waals surface area contributed by atoms with E-state index in [1.807, 2.05) is 0 Å². The Kier molecular flexibility index (Phi) is 4.55. The van der Waals surface area contributed by atoms with E-state index in [1.54, 1.807) is 0 Å². The fourth-order valence-corrected chi connectivity index (χ4v) is 2.94. The third kappa shape index (κ3) is 4.80. The smallest absolute Gasteiger partial charge is 0.208 e. The van der Waals surface area contributed by atoms with Crippen LogP contribution in [-0.4, -0.2) is 33.2 Å². The normalized spacial score (nSPS) is 26.3. The van der Waals surface area contributed by atoms with Crippen molar-refractivity contribution in [1.29, 1.82) is 0 Å². The second kappa shape index (κ2) is 5.49. The molecule has 0 aliphatic heterocycles. The summed E-state index contributed by atoms with van der Waals surface area (Å²) in [5.74, 6) is 0.259. The first-order chi connectivity index (χ1) is 7.38. The number of guanidine groups is 1. The summed E-state index contributed by atoms with van der Waals surface area (Å²) in [7, 11) is -3.16. The first kappa shape index (κ1) is 13.2. The Labute approximate surface area is 96.5 Å². The summed E-state index contributed by atoms with van der Waals surface area (Å²) >= 11 is 0. The van der Waals surface area contributed by atoms with Gasteiger partial charge in [-0.1, -0.05) is 12.8 Å². The highest BCUT2D eigenvalue weighted by Crippen LogP contribution is 2.25. The van der Waals surface area contributed by atoms with Gasteiger partial charge in [-0.2, -0.15) is 0 Å². The van der Waals surface area contributed by atoms with Crippen LogP contribution < -0.4 is 16.2 Å². The van der Waals surface area contributed by atoms with Crippen LogP contribution in [0, 0.1) is 5.92 Å². The van der Waals surface area contributed by atoms with E-state index in [2.05, 4.69) is 9.71 Å². The van der Waals surface area contributed by atoms with Crippen LogP contribution in [0.4, 0.5) is 0 Å². The molecular formula is C9H20N4O2S. The van der Waals surface area contributed by atoms with Crippen molar-refractivity contribution in [3.63, 3.8) is 0 Å². The molecule has 1 fully saturated rings. The summed E-state index contributed by atoms with van der Waals surface area (Å²) in [5.41, 5.74) is 10.5. The minimum absolute atomic E-state index is 0.0353. The van der Waals surface area contributed by atoms with Crippen molar-refractivity contribution in [2.24, 2.45) is 22.4 Å². The Morgan fingerprint density at radius 1 is 1.38 bits per heavy atom. The van der Waals surface area contributed by atoms with E-state index >= 15 is 0 Å². The van der Waals surface area contributed by atoms with Gasteiger partial charge in [0.1, 0.15) is 0 Å². The molecule has 1 rings (SSSR count). The number of hydrogen-bond acceptors (Lipinski definition) is 3. The van der Waals surface area contributed by atoms with Crippen LogP contribution in [0.5, 0.6) is 0 Å². The molecule has 0 aromatic rings. The molecule has 94 valence electrons. The van der Waals surface area contributed by atoms with E-state index in [1.165, 1.54) is 6.26 Å². The van der Waals surface area contributed by atoms with E-state index < -0.39 is 10.0 Å². The fraction of sp³-hybridized carbons (Fsp3) is 0.889. The molecule has 16 heavy (non-hydrogen) atoms. The standard InChI is InChI=1S/C9H20N4O2S/c1-16(14,15)13-8-5-3-2-4-7(8)6-12-9(10)11/h7-8,13H,2-6H2,1H3,(H4,10,11,12). The predicted molar refractivity (Wildman–Crippen MR) is 64.4 cm³/mol. The largest absolute Gasteiger partial charge is 0.370 e. The average Bonchev–Trinajstić information content (AvgIpc) is 2.14. The van der Waals surface area contributed by atoms with Crippen molar-refractivity contribution < 1.29 is 8.42 Å². The molecule has 2 unspecified atom stereocenters. The lowest BCUT2D eigenvalue weighted by Crippen LogP contribution is -2.43. The Bertz CT molecular complexity index is 349. The number of aliphatic imine (C=N–C) groups is 1. The molecular weight excluding hydrogens is 228 g/mol. The number of nitrogens with one attached hydrogen (secondary N) is 1. The molecule has 5 N–H and O–H groups in total. The first-order valence-electron chi connectivity index (χ1n) is 5.41. The molecule has 0 radical (unpaired) electrons. The third-order valence-electron chi connectivity index (χ3n) is 2.78. The van der Waals surface area contributed by atoms with Gasteiger partial charge in [0.2, 0.25) is 10.0 Å². The molecule has 0 bridgehead atoms. The highest BCUT2D eigenvalue weighted by Gasteiger charge is 2.26. The monoisotopic (exact) mass is 248 g/mol. The summed E-state index contributed by atoms with van der Waals surface area (Å²) in [6.45, 7) is 0.496. The fourth-order valence-electron chi connectivity index (χ4n) is 2.08. The predicted octanol–water partition coefficient (Wildman–Crippen LogP) is -0.632. The van der Waals surface area contributed by atoms with Crippen LogP contribution in [0.3, 0.4) is 0 Å². The maximum atomic E-state index is 11.2. The molecule has 0 amide bonds. The highest BCUT2D eigenvalue weighted by molar-refractivity contribution is 7.88. The summed E-state index contributed by atoms with van der Waals surface area (Å²) in [4.78, 5) is 3.97. The average molecular weight is 248 g/mol. The van der Waals surface area contributed by atoms with Crippen molar-refractivity contribution >= 4 is 16.0 Å². The Hall–Kier alpha value is -0.820. The van der Waals surface area contributed by atoms with Gasteiger partial charge in [0.25, 0.3) is 0 Å². The lowest BCUT2D eigenvalue weighted by molar-refractivity contribution is 0.297. The van der Waals surface area contributed by atoms with Crippen molar-refractivity contribution in [3.05, 3.63) is 0 Å². The summed E-state index contributed by atoms with van der Waals surface area (Å²) < 4.78 is 25.0. The molecule has 6 nitrogen and oxygen atoms in total. The summed E-state index contributed by atoms with van der Waals surface area (Å²) in [6, 6.07) is -0.0353. The highest BCUT2D eigenvalue weighted by atomic mass is 32.2. The molecule has 2 atom stereocenters. The quantitative estimate of drug-likeness (QED) is 0.454.